The van der Waals surface area contributed by atoms with E-state index in [1.54, 1.807) is 0 Å². The van der Waals surface area contributed by atoms with Crippen LogP contribution in [0.3, 0.4) is 0 Å². The van der Waals surface area contributed by atoms with Crippen LogP contribution < -0.4 is 0 Å². The second kappa shape index (κ2) is 7.14. The van der Waals surface area contributed by atoms with Crippen LogP contribution in [-0.4, -0.2) is 41.5 Å². The standard InChI is InChI=1S/C23H33FO5/c1-12(26)29-13-6-7-22(2)17(8-13)18(24)9-14-15-4-5-16(20(28)11-25)23(15,3)10-19(27)21(14)22/h13-18,21,25H,4-11H2,1-3H3/t13?,14-,15-,16+,17?,18?,21+,22-,23-/m0/s1. The van der Waals surface area contributed by atoms with Gasteiger partial charge in [-0.1, -0.05) is 13.8 Å². The number of ether oxygens (including phenoxy) is 1. The number of alkyl halides is 1. The molecule has 0 spiro atoms. The van der Waals surface area contributed by atoms with Crippen LogP contribution in [0.1, 0.15) is 65.7 Å². The zero-order valence-corrected chi connectivity index (χ0v) is 17.7. The zero-order chi connectivity index (χ0) is 21.1. The summed E-state index contributed by atoms with van der Waals surface area (Å²) in [6, 6.07) is 0. The number of aliphatic hydroxyl groups is 1. The summed E-state index contributed by atoms with van der Waals surface area (Å²) in [6.07, 6.45) is 2.76. The van der Waals surface area contributed by atoms with E-state index in [2.05, 4.69) is 6.92 Å². The summed E-state index contributed by atoms with van der Waals surface area (Å²) in [5.41, 5.74) is -0.883. The third kappa shape index (κ3) is 3.08. The number of carbonyl (C=O) groups excluding carboxylic acids is 3. The van der Waals surface area contributed by atoms with Crippen LogP contribution >= 0.6 is 0 Å². The molecule has 6 heteroatoms. The summed E-state index contributed by atoms with van der Waals surface area (Å²) in [5, 5.41) is 9.39. The Labute approximate surface area is 171 Å². The van der Waals surface area contributed by atoms with Gasteiger partial charge in [0.15, 0.2) is 5.78 Å². The molecule has 5 nitrogen and oxygen atoms in total. The van der Waals surface area contributed by atoms with E-state index in [-0.39, 0.29) is 53.2 Å². The van der Waals surface area contributed by atoms with Crippen molar-refractivity contribution < 1.29 is 28.6 Å². The quantitative estimate of drug-likeness (QED) is 0.725. The molecule has 0 bridgehead atoms. The van der Waals surface area contributed by atoms with Crippen molar-refractivity contribution in [2.75, 3.05) is 6.61 Å². The Balaban J connectivity index is 1.63. The summed E-state index contributed by atoms with van der Waals surface area (Å²) in [6.45, 7) is 4.97. The van der Waals surface area contributed by atoms with Gasteiger partial charge in [-0.25, -0.2) is 4.39 Å². The molecule has 29 heavy (non-hydrogen) atoms. The van der Waals surface area contributed by atoms with Crippen molar-refractivity contribution in [3.05, 3.63) is 0 Å². The van der Waals surface area contributed by atoms with Crippen molar-refractivity contribution >= 4 is 17.5 Å². The molecule has 0 saturated heterocycles. The van der Waals surface area contributed by atoms with Crippen molar-refractivity contribution in [2.24, 2.45) is 40.4 Å². The molecule has 4 aliphatic rings. The van der Waals surface area contributed by atoms with Crippen LogP contribution in [0.15, 0.2) is 0 Å². The first-order chi connectivity index (χ1) is 13.6. The highest BCUT2D eigenvalue weighted by atomic mass is 19.1. The molecule has 1 N–H and O–H groups in total. The molecular weight excluding hydrogens is 375 g/mol. The number of hydrogen-bond donors (Lipinski definition) is 1. The van der Waals surface area contributed by atoms with Gasteiger partial charge in [0.25, 0.3) is 0 Å². The lowest BCUT2D eigenvalue weighted by atomic mass is 9.44. The first-order valence-electron chi connectivity index (χ1n) is 11.1. The van der Waals surface area contributed by atoms with Gasteiger partial charge >= 0.3 is 5.97 Å². The lowest BCUT2D eigenvalue weighted by Crippen LogP contribution is -2.61. The molecule has 0 heterocycles. The Morgan fingerprint density at radius 1 is 1.14 bits per heavy atom. The molecule has 162 valence electrons. The Bertz CT molecular complexity index is 722. The monoisotopic (exact) mass is 408 g/mol. The van der Waals surface area contributed by atoms with Crippen molar-refractivity contribution in [1.82, 2.24) is 0 Å². The molecule has 0 aromatic heterocycles. The number of ketones is 2. The number of aliphatic hydroxyl groups excluding tert-OH is 1. The van der Waals surface area contributed by atoms with E-state index in [0.717, 1.165) is 6.42 Å². The molecule has 0 aliphatic heterocycles. The van der Waals surface area contributed by atoms with Crippen LogP contribution in [0.5, 0.6) is 0 Å². The molecular formula is C23H33FO5. The molecule has 4 fully saturated rings. The van der Waals surface area contributed by atoms with E-state index in [1.165, 1.54) is 6.92 Å². The molecule has 4 saturated carbocycles. The van der Waals surface area contributed by atoms with Gasteiger partial charge < -0.3 is 9.84 Å². The number of halogens is 1. The number of fused-ring (bicyclic) bond motifs is 5. The van der Waals surface area contributed by atoms with Gasteiger partial charge in [0, 0.05) is 25.2 Å². The van der Waals surface area contributed by atoms with Crippen LogP contribution in [0.4, 0.5) is 4.39 Å². The second-order valence-corrected chi connectivity index (χ2v) is 10.5. The summed E-state index contributed by atoms with van der Waals surface area (Å²) in [5.74, 6) is -1.00. The van der Waals surface area contributed by atoms with Crippen LogP contribution in [0.25, 0.3) is 0 Å². The van der Waals surface area contributed by atoms with Crippen LogP contribution in [0.2, 0.25) is 0 Å². The number of rotatable bonds is 3. The topological polar surface area (TPSA) is 80.7 Å². The zero-order valence-electron chi connectivity index (χ0n) is 17.7. The summed E-state index contributed by atoms with van der Waals surface area (Å²) < 4.78 is 20.9. The fraction of sp³-hybridized carbons (Fsp3) is 0.870. The third-order valence-electron chi connectivity index (χ3n) is 9.15. The van der Waals surface area contributed by atoms with Crippen LogP contribution in [0, 0.1) is 40.4 Å². The second-order valence-electron chi connectivity index (χ2n) is 10.5. The lowest BCUT2D eigenvalue weighted by molar-refractivity contribution is -0.179. The molecule has 0 amide bonds. The third-order valence-corrected chi connectivity index (χ3v) is 9.15. The van der Waals surface area contributed by atoms with E-state index >= 15 is 4.39 Å². The lowest BCUT2D eigenvalue weighted by Gasteiger charge is -2.60. The van der Waals surface area contributed by atoms with Gasteiger partial charge in [0.1, 0.15) is 24.7 Å². The fourth-order valence-corrected chi connectivity index (χ4v) is 8.01. The van der Waals surface area contributed by atoms with Gasteiger partial charge in [-0.15, -0.1) is 0 Å². The van der Waals surface area contributed by atoms with E-state index in [1.807, 2.05) is 6.92 Å². The average Bonchev–Trinajstić information content (AvgIpc) is 2.98. The molecule has 9 atom stereocenters. The van der Waals surface area contributed by atoms with Crippen LogP contribution in [-0.2, 0) is 19.1 Å². The highest BCUT2D eigenvalue weighted by Gasteiger charge is 2.66. The molecule has 4 aliphatic carbocycles. The Morgan fingerprint density at radius 2 is 1.86 bits per heavy atom. The van der Waals surface area contributed by atoms with Gasteiger partial charge in [0.05, 0.1) is 0 Å². The summed E-state index contributed by atoms with van der Waals surface area (Å²) >= 11 is 0. The number of esters is 1. The molecule has 4 rings (SSSR count). The fourth-order valence-electron chi connectivity index (χ4n) is 8.01. The highest BCUT2D eigenvalue weighted by molar-refractivity contribution is 5.88. The summed E-state index contributed by atoms with van der Waals surface area (Å²) in [4.78, 5) is 37.2. The van der Waals surface area contributed by atoms with E-state index < -0.39 is 23.6 Å². The maximum atomic E-state index is 15.5. The number of Topliss-reactive ketones (excluding diaryl/α,β-unsaturated/α-hetero) is 2. The Morgan fingerprint density at radius 3 is 2.52 bits per heavy atom. The molecule has 0 aromatic rings. The minimum Gasteiger partial charge on any atom is -0.463 e. The van der Waals surface area contributed by atoms with Gasteiger partial charge in [-0.3, -0.25) is 14.4 Å². The Hall–Kier alpha value is -1.30. The number of carbonyl (C=O) groups is 3. The maximum Gasteiger partial charge on any atom is 0.302 e. The van der Waals surface area contributed by atoms with Gasteiger partial charge in [-0.05, 0) is 67.1 Å². The smallest absolute Gasteiger partial charge is 0.302 e. The predicted octanol–water partition coefficient (Wildman–Crippen LogP) is 3.27. The summed E-state index contributed by atoms with van der Waals surface area (Å²) in [7, 11) is 0. The molecule has 0 aromatic carbocycles. The highest BCUT2D eigenvalue weighted by Crippen LogP contribution is 2.67. The SMILES string of the molecule is CC(=O)OC1CC[C@@]2(C)C(C1)C(F)C[C@H]1[C@@H]3CC[C@H](C(=O)CO)[C@@]3(C)CC(=O)[C@@H]12. The maximum absolute atomic E-state index is 15.5. The molecule has 3 unspecified atom stereocenters. The van der Waals surface area contributed by atoms with E-state index in [9.17, 15) is 19.5 Å². The van der Waals surface area contributed by atoms with Gasteiger partial charge in [0.2, 0.25) is 0 Å². The first kappa shape index (κ1) is 21.0. The van der Waals surface area contributed by atoms with Crippen molar-refractivity contribution in [1.29, 1.82) is 0 Å². The minimum atomic E-state index is -1.03. The largest absolute Gasteiger partial charge is 0.463 e. The minimum absolute atomic E-state index is 0.0423. The van der Waals surface area contributed by atoms with Crippen molar-refractivity contribution in [3.8, 4) is 0 Å². The average molecular weight is 409 g/mol. The van der Waals surface area contributed by atoms with Gasteiger partial charge in [-0.2, -0.15) is 0 Å². The normalized spacial score (nSPS) is 49.0. The Kier molecular flexibility index (Phi) is 5.16. The predicted molar refractivity (Wildman–Crippen MR) is 104 cm³/mol. The van der Waals surface area contributed by atoms with Crippen molar-refractivity contribution in [2.45, 2.75) is 78.0 Å². The van der Waals surface area contributed by atoms with E-state index in [0.29, 0.717) is 38.5 Å². The first-order valence-corrected chi connectivity index (χ1v) is 11.1. The number of hydrogen-bond acceptors (Lipinski definition) is 5. The van der Waals surface area contributed by atoms with Crippen molar-refractivity contribution in [3.63, 3.8) is 0 Å². The van der Waals surface area contributed by atoms with E-state index in [4.69, 9.17) is 4.74 Å². The molecule has 0 radical (unpaired) electrons.